The van der Waals surface area contributed by atoms with Crippen LogP contribution in [0.4, 0.5) is 0 Å². The molecule has 0 bridgehead atoms. The summed E-state index contributed by atoms with van der Waals surface area (Å²) in [5, 5.41) is 4.58. The molecule has 0 radical (unpaired) electrons. The predicted molar refractivity (Wildman–Crippen MR) is 89.6 cm³/mol. The fraction of sp³-hybridized carbons (Fsp3) is 0.375. The number of carbonyl (C=O) groups excluding carboxylic acids is 1. The molecule has 1 heterocycles. The maximum Gasteiger partial charge on any atom is 0.170 e. The summed E-state index contributed by atoms with van der Waals surface area (Å²) in [7, 11) is 0. The summed E-state index contributed by atoms with van der Waals surface area (Å²) < 4.78 is 3.81. The summed E-state index contributed by atoms with van der Waals surface area (Å²) in [6, 6.07) is 8.10. The Balaban J connectivity index is 1.72. The molecule has 1 aliphatic carbocycles. The largest absolute Gasteiger partial charge is 0.294 e. The second-order valence-corrected chi connectivity index (χ2v) is 7.22. The second-order valence-electron chi connectivity index (χ2n) is 5.45. The zero-order chi connectivity index (χ0) is 14.8. The first kappa shape index (κ1) is 15.0. The number of ketones is 1. The minimum absolute atomic E-state index is 0.0889. The molecule has 5 heteroatoms. The average molecular weight is 412 g/mol. The van der Waals surface area contributed by atoms with Crippen LogP contribution >= 0.6 is 31.9 Å². The van der Waals surface area contributed by atoms with Crippen LogP contribution in [-0.2, 0) is 6.42 Å². The monoisotopic (exact) mass is 410 g/mol. The summed E-state index contributed by atoms with van der Waals surface area (Å²) in [5.41, 5.74) is 1.55. The molecule has 1 aromatic carbocycles. The molecule has 3 rings (SSSR count). The van der Waals surface area contributed by atoms with E-state index in [4.69, 9.17) is 0 Å². The van der Waals surface area contributed by atoms with Crippen LogP contribution in [0.3, 0.4) is 0 Å². The van der Waals surface area contributed by atoms with E-state index >= 15 is 0 Å². The number of rotatable bonds is 4. The van der Waals surface area contributed by atoms with Gasteiger partial charge in [-0.3, -0.25) is 9.48 Å². The van der Waals surface area contributed by atoms with E-state index in [1.165, 1.54) is 25.7 Å². The minimum Gasteiger partial charge on any atom is -0.294 e. The van der Waals surface area contributed by atoms with Crippen LogP contribution in [0.15, 0.2) is 39.4 Å². The Bertz CT molecular complexity index is 660. The molecule has 0 amide bonds. The number of halogens is 2. The molecule has 0 saturated heterocycles. The highest BCUT2D eigenvalue weighted by Crippen LogP contribution is 2.29. The average Bonchev–Trinajstić information content (AvgIpc) is 3.08. The number of Topliss-reactive ketones (excluding diaryl/α,β-unsaturated/α-hetero) is 1. The molecule has 1 fully saturated rings. The fourth-order valence-electron chi connectivity index (χ4n) is 2.82. The van der Waals surface area contributed by atoms with Gasteiger partial charge < -0.3 is 0 Å². The molecule has 1 aliphatic rings. The van der Waals surface area contributed by atoms with Gasteiger partial charge in [0.2, 0.25) is 0 Å². The van der Waals surface area contributed by atoms with Crippen molar-refractivity contribution in [1.82, 2.24) is 9.78 Å². The molecule has 0 atom stereocenters. The first-order valence-electron chi connectivity index (χ1n) is 7.16. The highest BCUT2D eigenvalue weighted by atomic mass is 79.9. The smallest absolute Gasteiger partial charge is 0.170 e. The van der Waals surface area contributed by atoms with Crippen LogP contribution < -0.4 is 0 Å². The Hall–Kier alpha value is -0.940. The lowest BCUT2D eigenvalue weighted by Gasteiger charge is -2.08. The van der Waals surface area contributed by atoms with Crippen molar-refractivity contribution in [2.75, 3.05) is 0 Å². The normalized spacial score (nSPS) is 15.5. The summed E-state index contributed by atoms with van der Waals surface area (Å²) in [6.45, 7) is 0. The van der Waals surface area contributed by atoms with Crippen molar-refractivity contribution in [3.05, 3.63) is 50.7 Å². The predicted octanol–water partition coefficient (Wildman–Crippen LogP) is 4.95. The van der Waals surface area contributed by atoms with Crippen LogP contribution in [0.25, 0.3) is 0 Å². The van der Waals surface area contributed by atoms with Gasteiger partial charge in [-0.1, -0.05) is 44.7 Å². The summed E-state index contributed by atoms with van der Waals surface area (Å²) >= 11 is 6.84. The molecule has 110 valence electrons. The number of hydrogen-bond acceptors (Lipinski definition) is 2. The fourth-order valence-corrected chi connectivity index (χ4v) is 4.09. The van der Waals surface area contributed by atoms with Crippen molar-refractivity contribution in [2.24, 2.45) is 0 Å². The molecule has 21 heavy (non-hydrogen) atoms. The lowest BCUT2D eigenvalue weighted by Crippen LogP contribution is -2.08. The topological polar surface area (TPSA) is 34.9 Å². The van der Waals surface area contributed by atoms with Gasteiger partial charge in [0.1, 0.15) is 0 Å². The lowest BCUT2D eigenvalue weighted by atomic mass is 10.1. The number of carbonyl (C=O) groups is 1. The van der Waals surface area contributed by atoms with Crippen molar-refractivity contribution >= 4 is 37.6 Å². The Labute approximate surface area is 141 Å². The Morgan fingerprint density at radius 3 is 2.71 bits per heavy atom. The molecule has 2 aromatic rings. The third kappa shape index (κ3) is 3.46. The van der Waals surface area contributed by atoms with Gasteiger partial charge in [-0.25, -0.2) is 0 Å². The SMILES string of the molecule is O=C(Cc1ccn(C2CCCC2)n1)c1ccc(Br)cc1Br. The number of hydrogen-bond donors (Lipinski definition) is 0. The zero-order valence-electron chi connectivity index (χ0n) is 11.6. The number of benzene rings is 1. The second kappa shape index (κ2) is 6.44. The third-order valence-electron chi connectivity index (χ3n) is 3.94. The van der Waals surface area contributed by atoms with Gasteiger partial charge in [-0.05, 0) is 37.1 Å². The van der Waals surface area contributed by atoms with Crippen LogP contribution in [-0.4, -0.2) is 15.6 Å². The van der Waals surface area contributed by atoms with E-state index in [2.05, 4.69) is 37.0 Å². The highest BCUT2D eigenvalue weighted by Gasteiger charge is 2.18. The van der Waals surface area contributed by atoms with E-state index in [9.17, 15) is 4.79 Å². The third-order valence-corrected chi connectivity index (χ3v) is 5.08. The van der Waals surface area contributed by atoms with Crippen molar-refractivity contribution in [1.29, 1.82) is 0 Å². The molecule has 3 nitrogen and oxygen atoms in total. The van der Waals surface area contributed by atoms with E-state index in [1.54, 1.807) is 0 Å². The molecule has 0 N–H and O–H groups in total. The van der Waals surface area contributed by atoms with Crippen LogP contribution in [0.2, 0.25) is 0 Å². The minimum atomic E-state index is 0.0889. The van der Waals surface area contributed by atoms with Gasteiger partial charge in [-0.2, -0.15) is 5.10 Å². The summed E-state index contributed by atoms with van der Waals surface area (Å²) in [4.78, 5) is 12.4. The molecular formula is C16H16Br2N2O. The van der Waals surface area contributed by atoms with Crippen molar-refractivity contribution in [3.8, 4) is 0 Å². The van der Waals surface area contributed by atoms with E-state index in [-0.39, 0.29) is 5.78 Å². The van der Waals surface area contributed by atoms with Gasteiger partial charge in [0.05, 0.1) is 18.2 Å². The van der Waals surface area contributed by atoms with E-state index in [1.807, 2.05) is 35.1 Å². The van der Waals surface area contributed by atoms with Gasteiger partial charge in [0.15, 0.2) is 5.78 Å². The van der Waals surface area contributed by atoms with E-state index < -0.39 is 0 Å². The first-order valence-corrected chi connectivity index (χ1v) is 8.74. The Morgan fingerprint density at radius 2 is 2.00 bits per heavy atom. The Kier molecular flexibility index (Phi) is 4.60. The summed E-state index contributed by atoms with van der Waals surface area (Å²) in [5.74, 6) is 0.0889. The van der Waals surface area contributed by atoms with Crippen molar-refractivity contribution in [3.63, 3.8) is 0 Å². The number of aromatic nitrogens is 2. The molecule has 1 aromatic heterocycles. The molecule has 0 unspecified atom stereocenters. The standard InChI is InChI=1S/C16H16Br2N2O/c17-11-5-6-14(15(18)9-11)16(21)10-12-7-8-20(19-12)13-3-1-2-4-13/h5-9,13H,1-4,10H2. The van der Waals surface area contributed by atoms with Crippen molar-refractivity contribution < 1.29 is 4.79 Å². The Morgan fingerprint density at radius 1 is 1.24 bits per heavy atom. The summed E-state index contributed by atoms with van der Waals surface area (Å²) in [6.07, 6.45) is 7.32. The molecule has 0 aliphatic heterocycles. The van der Waals surface area contributed by atoms with E-state index in [0.717, 1.165) is 14.6 Å². The maximum atomic E-state index is 12.4. The molecule has 0 spiro atoms. The quantitative estimate of drug-likeness (QED) is 0.667. The first-order chi connectivity index (χ1) is 10.1. The number of nitrogens with zero attached hydrogens (tertiary/aromatic N) is 2. The highest BCUT2D eigenvalue weighted by molar-refractivity contribution is 9.11. The van der Waals surface area contributed by atoms with Gasteiger partial charge in [0.25, 0.3) is 0 Å². The molecular weight excluding hydrogens is 396 g/mol. The van der Waals surface area contributed by atoms with Crippen LogP contribution in [0, 0.1) is 0 Å². The zero-order valence-corrected chi connectivity index (χ0v) is 14.7. The van der Waals surface area contributed by atoms with Gasteiger partial charge >= 0.3 is 0 Å². The van der Waals surface area contributed by atoms with Crippen LogP contribution in [0.1, 0.15) is 47.8 Å². The van der Waals surface area contributed by atoms with Crippen LogP contribution in [0.5, 0.6) is 0 Å². The van der Waals surface area contributed by atoms with E-state index in [0.29, 0.717) is 18.0 Å². The molecule has 1 saturated carbocycles. The lowest BCUT2D eigenvalue weighted by molar-refractivity contribution is 0.0991. The maximum absolute atomic E-state index is 12.4. The van der Waals surface area contributed by atoms with Crippen molar-refractivity contribution in [2.45, 2.75) is 38.1 Å². The van der Waals surface area contributed by atoms with Gasteiger partial charge in [-0.15, -0.1) is 0 Å². The van der Waals surface area contributed by atoms with Gasteiger partial charge in [0, 0.05) is 20.7 Å².